The third-order valence-electron chi connectivity index (χ3n) is 7.52. The molecule has 160 valence electrons. The lowest BCUT2D eigenvalue weighted by atomic mass is 9.91. The van der Waals surface area contributed by atoms with Crippen molar-refractivity contribution in [1.82, 2.24) is 24.3 Å². The average Bonchev–Trinajstić information content (AvgIpc) is 3.31. The number of rotatable bonds is 3. The highest BCUT2D eigenvalue weighted by atomic mass is 16.3. The van der Waals surface area contributed by atoms with Crippen LogP contribution in [0.15, 0.2) is 9.21 Å². The summed E-state index contributed by atoms with van der Waals surface area (Å²) in [5.74, 6) is 1.86. The Morgan fingerprint density at radius 2 is 1.87 bits per heavy atom. The molecule has 1 amide bonds. The summed E-state index contributed by atoms with van der Waals surface area (Å²) in [6.45, 7) is 6.21. The first-order valence-electron chi connectivity index (χ1n) is 11.5. The zero-order valence-electron chi connectivity index (χ0n) is 17.4. The van der Waals surface area contributed by atoms with Crippen LogP contribution in [0.4, 0.5) is 0 Å². The van der Waals surface area contributed by atoms with E-state index in [-0.39, 0.29) is 11.5 Å². The normalized spacial score (nSPS) is 22.9. The van der Waals surface area contributed by atoms with E-state index in [0.717, 1.165) is 81.7 Å². The molecule has 8 heteroatoms. The Bertz CT molecular complexity index is 1050. The fraction of sp³-hybridized carbons (Fsp3) is 0.682. The van der Waals surface area contributed by atoms with Gasteiger partial charge in [0.05, 0.1) is 13.1 Å². The maximum Gasteiger partial charge on any atom is 0.265 e. The third kappa shape index (κ3) is 3.00. The summed E-state index contributed by atoms with van der Waals surface area (Å²) in [7, 11) is 0. The lowest BCUT2D eigenvalue weighted by molar-refractivity contribution is -0.135. The molecule has 2 aromatic rings. The first-order chi connectivity index (χ1) is 14.7. The van der Waals surface area contributed by atoms with Crippen LogP contribution in [0.5, 0.6) is 0 Å². The van der Waals surface area contributed by atoms with Crippen molar-refractivity contribution in [2.24, 2.45) is 0 Å². The van der Waals surface area contributed by atoms with Crippen molar-refractivity contribution in [3.05, 3.63) is 27.5 Å². The van der Waals surface area contributed by atoms with E-state index in [0.29, 0.717) is 24.2 Å². The molecule has 1 saturated carbocycles. The minimum absolute atomic E-state index is 0.0476. The molecule has 2 fully saturated rings. The minimum Gasteiger partial charge on any atom is -0.441 e. The number of furan rings is 1. The molecule has 0 bridgehead atoms. The highest BCUT2D eigenvalue weighted by Gasteiger charge is 2.32. The molecule has 1 aliphatic carbocycles. The molecule has 0 unspecified atom stereocenters. The Morgan fingerprint density at radius 3 is 2.63 bits per heavy atom. The molecule has 1 saturated heterocycles. The second kappa shape index (κ2) is 7.20. The summed E-state index contributed by atoms with van der Waals surface area (Å²) < 4.78 is 7.82. The van der Waals surface area contributed by atoms with Gasteiger partial charge in [0.1, 0.15) is 17.0 Å². The van der Waals surface area contributed by atoms with Crippen molar-refractivity contribution in [2.75, 3.05) is 39.3 Å². The van der Waals surface area contributed by atoms with E-state index >= 15 is 0 Å². The SMILES string of the molecule is O=C(CN1CCc2c(oc3nc4n(c(=O)c23)CCC4)C1)N1CCN(C2CCC2)CC1. The molecular weight excluding hydrogens is 382 g/mol. The lowest BCUT2D eigenvalue weighted by Crippen LogP contribution is -2.55. The van der Waals surface area contributed by atoms with Gasteiger partial charge in [-0.25, -0.2) is 0 Å². The molecule has 6 rings (SSSR count). The highest BCUT2D eigenvalue weighted by Crippen LogP contribution is 2.29. The van der Waals surface area contributed by atoms with Crippen molar-refractivity contribution in [3.8, 4) is 0 Å². The maximum atomic E-state index is 12.9. The molecular formula is C22H29N5O3. The zero-order chi connectivity index (χ0) is 20.2. The number of aryl methyl sites for hydroxylation is 1. The fourth-order valence-corrected chi connectivity index (χ4v) is 5.50. The Kier molecular flexibility index (Phi) is 4.46. The summed E-state index contributed by atoms with van der Waals surface area (Å²) in [6, 6.07) is 0.759. The Hall–Kier alpha value is -2.19. The number of carbonyl (C=O) groups excluding carboxylic acids is 1. The van der Waals surface area contributed by atoms with Gasteiger partial charge >= 0.3 is 0 Å². The van der Waals surface area contributed by atoms with Crippen LogP contribution < -0.4 is 5.56 Å². The van der Waals surface area contributed by atoms with Crippen molar-refractivity contribution < 1.29 is 9.21 Å². The van der Waals surface area contributed by atoms with Crippen LogP contribution in [0.2, 0.25) is 0 Å². The largest absolute Gasteiger partial charge is 0.441 e. The first kappa shape index (κ1) is 18.6. The van der Waals surface area contributed by atoms with Crippen molar-refractivity contribution in [2.45, 2.75) is 57.7 Å². The first-order valence-corrected chi connectivity index (χ1v) is 11.5. The smallest absolute Gasteiger partial charge is 0.265 e. The third-order valence-corrected chi connectivity index (χ3v) is 7.52. The predicted molar refractivity (Wildman–Crippen MR) is 111 cm³/mol. The Labute approximate surface area is 175 Å². The van der Waals surface area contributed by atoms with Crippen molar-refractivity contribution in [3.63, 3.8) is 0 Å². The van der Waals surface area contributed by atoms with Crippen LogP contribution in [0.25, 0.3) is 11.1 Å². The molecule has 0 radical (unpaired) electrons. The van der Waals surface area contributed by atoms with E-state index in [1.54, 1.807) is 4.57 Å². The number of hydrogen-bond acceptors (Lipinski definition) is 6. The van der Waals surface area contributed by atoms with Gasteiger partial charge in [0, 0.05) is 57.3 Å². The molecule has 5 heterocycles. The number of amides is 1. The molecule has 0 aromatic carbocycles. The average molecular weight is 412 g/mol. The van der Waals surface area contributed by atoms with Gasteiger partial charge in [-0.3, -0.25) is 24.0 Å². The van der Waals surface area contributed by atoms with Gasteiger partial charge in [0.15, 0.2) is 0 Å². The van der Waals surface area contributed by atoms with Crippen LogP contribution in [0.1, 0.15) is 42.8 Å². The monoisotopic (exact) mass is 411 g/mol. The van der Waals surface area contributed by atoms with E-state index in [9.17, 15) is 9.59 Å². The fourth-order valence-electron chi connectivity index (χ4n) is 5.50. The van der Waals surface area contributed by atoms with Gasteiger partial charge in [-0.2, -0.15) is 4.98 Å². The number of carbonyl (C=O) groups is 1. The van der Waals surface area contributed by atoms with Gasteiger partial charge in [-0.1, -0.05) is 6.42 Å². The van der Waals surface area contributed by atoms with Gasteiger partial charge < -0.3 is 9.32 Å². The van der Waals surface area contributed by atoms with Crippen LogP contribution in [0, 0.1) is 0 Å². The molecule has 4 aliphatic rings. The quantitative estimate of drug-likeness (QED) is 0.750. The molecule has 2 aromatic heterocycles. The van der Waals surface area contributed by atoms with Gasteiger partial charge in [0.25, 0.3) is 5.56 Å². The Balaban J connectivity index is 1.13. The van der Waals surface area contributed by atoms with E-state index < -0.39 is 0 Å². The van der Waals surface area contributed by atoms with Gasteiger partial charge in [-0.15, -0.1) is 0 Å². The molecule has 0 atom stereocenters. The van der Waals surface area contributed by atoms with Crippen LogP contribution >= 0.6 is 0 Å². The maximum absolute atomic E-state index is 12.9. The van der Waals surface area contributed by atoms with Crippen molar-refractivity contribution >= 4 is 17.0 Å². The summed E-state index contributed by atoms with van der Waals surface area (Å²) in [5.41, 5.74) is 1.53. The molecule has 3 aliphatic heterocycles. The standard InChI is InChI=1S/C22H29N5O3/c28-19(26-11-9-25(10-12-26)15-3-1-4-15)14-24-8-6-16-17(13-24)30-21-20(16)22(29)27-7-2-5-18(27)23-21/h15H,1-14H2. The molecule has 0 N–H and O–H groups in total. The summed E-state index contributed by atoms with van der Waals surface area (Å²) >= 11 is 0. The van der Waals surface area contributed by atoms with E-state index in [4.69, 9.17) is 4.42 Å². The lowest BCUT2D eigenvalue weighted by Gasteiger charge is -2.43. The summed E-state index contributed by atoms with van der Waals surface area (Å²) in [4.78, 5) is 37.1. The Morgan fingerprint density at radius 1 is 1.03 bits per heavy atom. The van der Waals surface area contributed by atoms with E-state index in [1.807, 2.05) is 4.90 Å². The summed E-state index contributed by atoms with van der Waals surface area (Å²) in [6.07, 6.45) is 6.55. The predicted octanol–water partition coefficient (Wildman–Crippen LogP) is 0.991. The number of nitrogens with zero attached hydrogens (tertiary/aromatic N) is 5. The zero-order valence-corrected chi connectivity index (χ0v) is 17.4. The van der Waals surface area contributed by atoms with Crippen LogP contribution in [-0.4, -0.2) is 75.5 Å². The van der Waals surface area contributed by atoms with Gasteiger partial charge in [-0.05, 0) is 25.7 Å². The molecule has 8 nitrogen and oxygen atoms in total. The minimum atomic E-state index is 0.0476. The second-order valence-electron chi connectivity index (χ2n) is 9.23. The van der Waals surface area contributed by atoms with Crippen molar-refractivity contribution in [1.29, 1.82) is 0 Å². The van der Waals surface area contributed by atoms with Gasteiger partial charge in [0.2, 0.25) is 11.6 Å². The highest BCUT2D eigenvalue weighted by molar-refractivity contribution is 5.80. The van der Waals surface area contributed by atoms with E-state index in [2.05, 4.69) is 14.8 Å². The van der Waals surface area contributed by atoms with Crippen LogP contribution in [-0.2, 0) is 30.7 Å². The summed E-state index contributed by atoms with van der Waals surface area (Å²) in [5, 5.41) is 0.661. The number of aromatic nitrogens is 2. The topological polar surface area (TPSA) is 74.8 Å². The number of fused-ring (bicyclic) bond motifs is 4. The second-order valence-corrected chi connectivity index (χ2v) is 9.23. The molecule has 0 spiro atoms. The van der Waals surface area contributed by atoms with Crippen LogP contribution in [0.3, 0.4) is 0 Å². The molecule has 30 heavy (non-hydrogen) atoms. The van der Waals surface area contributed by atoms with E-state index in [1.165, 1.54) is 19.3 Å². The number of hydrogen-bond donors (Lipinski definition) is 0. The number of piperazine rings is 1.